The van der Waals surface area contributed by atoms with E-state index in [2.05, 4.69) is 26.5 Å². The molecular weight excluding hydrogens is 394 g/mol. The first-order valence-corrected chi connectivity index (χ1v) is 12.0. The van der Waals surface area contributed by atoms with Crippen LogP contribution in [0.3, 0.4) is 0 Å². The zero-order valence-electron chi connectivity index (χ0n) is 17.5. The maximum atomic E-state index is 13.5. The number of amides is 1. The molecule has 3 fully saturated rings. The molecule has 1 aromatic heterocycles. The van der Waals surface area contributed by atoms with E-state index in [0.29, 0.717) is 24.4 Å². The molecule has 1 amide bonds. The van der Waals surface area contributed by atoms with Crippen LogP contribution in [0.5, 0.6) is 0 Å². The molecule has 3 saturated heterocycles. The van der Waals surface area contributed by atoms with E-state index in [1.165, 1.54) is 45.2 Å². The number of aromatic nitrogens is 1. The third-order valence-electron chi connectivity index (χ3n) is 8.04. The van der Waals surface area contributed by atoms with E-state index in [4.69, 9.17) is 11.6 Å². The first-order chi connectivity index (χ1) is 14.7. The molecule has 2 bridgehead atoms. The summed E-state index contributed by atoms with van der Waals surface area (Å²) in [7, 11) is 0. The molecule has 30 heavy (non-hydrogen) atoms. The number of benzene rings is 1. The number of likely N-dealkylation sites (tertiary alicyclic amines) is 1. The summed E-state index contributed by atoms with van der Waals surface area (Å²) in [6.45, 7) is 3.72. The lowest BCUT2D eigenvalue weighted by atomic mass is 9.68. The molecule has 2 aromatic rings. The van der Waals surface area contributed by atoms with Gasteiger partial charge in [-0.3, -0.25) is 9.69 Å². The van der Waals surface area contributed by atoms with Crippen LogP contribution in [-0.4, -0.2) is 52.0 Å². The highest BCUT2D eigenvalue weighted by atomic mass is 35.5. The summed E-state index contributed by atoms with van der Waals surface area (Å²) >= 11 is 6.34. The van der Waals surface area contributed by atoms with E-state index in [0.717, 1.165) is 34.9 Å². The van der Waals surface area contributed by atoms with Gasteiger partial charge in [0.2, 0.25) is 5.91 Å². The Balaban J connectivity index is 1.27. The summed E-state index contributed by atoms with van der Waals surface area (Å²) in [6, 6.07) is 9.02. The SMILES string of the molecule is O=C(Cn1ccc2c(Cl)cccc21)N1CCCC2=C[C@@H]3C[C@@H](CN4CCCCC34)C21. The van der Waals surface area contributed by atoms with Gasteiger partial charge in [-0.25, -0.2) is 0 Å². The fraction of sp³-hybridized carbons (Fsp3) is 0.560. The largest absolute Gasteiger partial charge is 0.338 e. The molecule has 4 atom stereocenters. The van der Waals surface area contributed by atoms with Gasteiger partial charge < -0.3 is 9.47 Å². The lowest BCUT2D eigenvalue weighted by Gasteiger charge is -2.54. The molecule has 3 aliphatic heterocycles. The van der Waals surface area contributed by atoms with Gasteiger partial charge in [0.25, 0.3) is 0 Å². The van der Waals surface area contributed by atoms with Gasteiger partial charge in [0.15, 0.2) is 0 Å². The Morgan fingerprint density at radius 3 is 3.00 bits per heavy atom. The Bertz CT molecular complexity index is 1010. The first kappa shape index (κ1) is 18.9. The van der Waals surface area contributed by atoms with Crippen LogP contribution < -0.4 is 0 Å². The van der Waals surface area contributed by atoms with Crippen molar-refractivity contribution >= 4 is 28.4 Å². The highest BCUT2D eigenvalue weighted by molar-refractivity contribution is 6.35. The summed E-state index contributed by atoms with van der Waals surface area (Å²) in [6.07, 6.45) is 12.2. The first-order valence-electron chi connectivity index (χ1n) is 11.7. The number of piperidine rings is 3. The third-order valence-corrected chi connectivity index (χ3v) is 8.37. The van der Waals surface area contributed by atoms with Crippen molar-refractivity contribution in [2.24, 2.45) is 11.8 Å². The smallest absolute Gasteiger partial charge is 0.243 e. The maximum absolute atomic E-state index is 13.5. The zero-order valence-corrected chi connectivity index (χ0v) is 18.2. The van der Waals surface area contributed by atoms with Gasteiger partial charge in [-0.05, 0) is 68.7 Å². The van der Waals surface area contributed by atoms with E-state index in [1.54, 1.807) is 5.57 Å². The fourth-order valence-electron chi connectivity index (χ4n) is 6.81. The Morgan fingerprint density at radius 2 is 2.07 bits per heavy atom. The monoisotopic (exact) mass is 423 g/mol. The van der Waals surface area contributed by atoms with Crippen molar-refractivity contribution in [2.75, 3.05) is 19.6 Å². The Kier molecular flexibility index (Phi) is 4.69. The van der Waals surface area contributed by atoms with E-state index < -0.39 is 0 Å². The number of carbonyl (C=O) groups excluding carboxylic acids is 1. The van der Waals surface area contributed by atoms with E-state index in [-0.39, 0.29) is 5.91 Å². The molecule has 158 valence electrons. The average molecular weight is 424 g/mol. The number of rotatable bonds is 2. The average Bonchev–Trinajstić information content (AvgIpc) is 3.17. The summed E-state index contributed by atoms with van der Waals surface area (Å²) < 4.78 is 2.06. The molecule has 4 aliphatic rings. The molecule has 4 heterocycles. The number of hydrogen-bond donors (Lipinski definition) is 0. The van der Waals surface area contributed by atoms with Gasteiger partial charge in [-0.15, -0.1) is 0 Å². The third kappa shape index (κ3) is 3.03. The number of halogens is 1. The molecule has 4 nitrogen and oxygen atoms in total. The number of carbonyl (C=O) groups is 1. The normalized spacial score (nSPS) is 31.2. The molecule has 0 N–H and O–H groups in total. The summed E-state index contributed by atoms with van der Waals surface area (Å²) in [4.78, 5) is 18.5. The molecule has 0 saturated carbocycles. The Hall–Kier alpha value is -1.78. The Labute approximate surface area is 183 Å². The number of hydrogen-bond acceptors (Lipinski definition) is 2. The lowest BCUT2D eigenvalue weighted by Crippen LogP contribution is -2.60. The highest BCUT2D eigenvalue weighted by Crippen LogP contribution is 2.45. The van der Waals surface area contributed by atoms with E-state index >= 15 is 0 Å². The summed E-state index contributed by atoms with van der Waals surface area (Å²) in [5.41, 5.74) is 2.60. The van der Waals surface area contributed by atoms with Crippen molar-refractivity contribution in [3.05, 3.63) is 47.1 Å². The van der Waals surface area contributed by atoms with Crippen LogP contribution in [0.2, 0.25) is 5.02 Å². The topological polar surface area (TPSA) is 28.5 Å². The molecule has 5 heteroatoms. The van der Waals surface area contributed by atoms with Crippen LogP contribution in [0.25, 0.3) is 10.9 Å². The quantitative estimate of drug-likeness (QED) is 0.654. The number of fused-ring (bicyclic) bond motifs is 7. The van der Waals surface area contributed by atoms with Crippen LogP contribution in [0.1, 0.15) is 38.5 Å². The van der Waals surface area contributed by atoms with E-state index in [1.807, 2.05) is 24.4 Å². The van der Waals surface area contributed by atoms with Crippen LogP contribution >= 0.6 is 11.6 Å². The van der Waals surface area contributed by atoms with Crippen molar-refractivity contribution in [1.82, 2.24) is 14.4 Å². The molecule has 0 radical (unpaired) electrons. The predicted molar refractivity (Wildman–Crippen MR) is 121 cm³/mol. The maximum Gasteiger partial charge on any atom is 0.243 e. The minimum atomic E-state index is 0.252. The van der Waals surface area contributed by atoms with E-state index in [9.17, 15) is 4.79 Å². The van der Waals surface area contributed by atoms with Crippen molar-refractivity contribution in [3.63, 3.8) is 0 Å². The second-order valence-electron chi connectivity index (χ2n) is 9.71. The minimum absolute atomic E-state index is 0.252. The van der Waals surface area contributed by atoms with Gasteiger partial charge >= 0.3 is 0 Å². The molecule has 6 rings (SSSR count). The van der Waals surface area contributed by atoms with Gasteiger partial charge in [0.05, 0.1) is 6.04 Å². The zero-order chi connectivity index (χ0) is 20.2. The van der Waals surface area contributed by atoms with Crippen LogP contribution in [0.4, 0.5) is 0 Å². The minimum Gasteiger partial charge on any atom is -0.338 e. The van der Waals surface area contributed by atoms with Crippen molar-refractivity contribution in [3.8, 4) is 0 Å². The molecule has 2 unspecified atom stereocenters. The van der Waals surface area contributed by atoms with Crippen LogP contribution in [0, 0.1) is 11.8 Å². The van der Waals surface area contributed by atoms with Crippen molar-refractivity contribution in [2.45, 2.75) is 57.2 Å². The van der Waals surface area contributed by atoms with Gasteiger partial charge in [0, 0.05) is 41.3 Å². The second kappa shape index (κ2) is 7.42. The van der Waals surface area contributed by atoms with Crippen molar-refractivity contribution < 1.29 is 4.79 Å². The van der Waals surface area contributed by atoms with Crippen molar-refractivity contribution in [1.29, 1.82) is 0 Å². The predicted octanol–water partition coefficient (Wildman–Crippen LogP) is 4.72. The second-order valence-corrected chi connectivity index (χ2v) is 10.1. The summed E-state index contributed by atoms with van der Waals surface area (Å²) in [5, 5.41) is 1.77. The molecule has 0 spiro atoms. The number of nitrogens with zero attached hydrogens (tertiary/aromatic N) is 3. The van der Waals surface area contributed by atoms with Crippen LogP contribution in [0.15, 0.2) is 42.1 Å². The van der Waals surface area contributed by atoms with Crippen LogP contribution in [-0.2, 0) is 11.3 Å². The lowest BCUT2D eigenvalue weighted by molar-refractivity contribution is -0.136. The van der Waals surface area contributed by atoms with Gasteiger partial charge in [0.1, 0.15) is 6.54 Å². The highest BCUT2D eigenvalue weighted by Gasteiger charge is 2.46. The van der Waals surface area contributed by atoms with Gasteiger partial charge in [-0.1, -0.05) is 35.7 Å². The van der Waals surface area contributed by atoms with Gasteiger partial charge in [-0.2, -0.15) is 0 Å². The summed E-state index contributed by atoms with van der Waals surface area (Å²) in [5.74, 6) is 1.56. The fourth-order valence-corrected chi connectivity index (χ4v) is 7.05. The Morgan fingerprint density at radius 1 is 1.13 bits per heavy atom. The molecule has 1 aliphatic carbocycles. The molecular formula is C25H30ClN3O. The molecule has 1 aromatic carbocycles. The standard InChI is InChI=1S/C25H30ClN3O/c26-21-6-3-8-23-20(21)9-12-28(23)16-24(30)29-11-4-5-17-13-18-14-19(25(17)29)15-27-10-2-1-7-22(18)27/h3,6,8-9,12-13,18-19,22,25H,1-2,4-5,7,10-11,14-16H2/t18-,19+,22?,25?/m1/s1.